The molecule has 7 nitrogen and oxygen atoms in total. The largest absolute Gasteiger partial charge is 0.309 e. The molecule has 2 aromatic heterocycles. The fourth-order valence-corrected chi connectivity index (χ4v) is 6.60. The number of sulfonamides is 1. The minimum absolute atomic E-state index is 0.112. The number of aryl methyl sites for hydroxylation is 2. The maximum absolute atomic E-state index is 13.1. The number of carbonyl (C=O) groups is 1. The Balaban J connectivity index is 1.20. The van der Waals surface area contributed by atoms with Crippen LogP contribution in [0.3, 0.4) is 0 Å². The summed E-state index contributed by atoms with van der Waals surface area (Å²) in [5, 5.41) is 12.0. The van der Waals surface area contributed by atoms with Crippen molar-refractivity contribution in [1.29, 1.82) is 0 Å². The second-order valence-electron chi connectivity index (χ2n) is 8.10. The Bertz CT molecular complexity index is 1190. The topological polar surface area (TPSA) is 95.2 Å². The summed E-state index contributed by atoms with van der Waals surface area (Å²) in [6.07, 6.45) is 4.06. The zero-order chi connectivity index (χ0) is 21.4. The molecule has 31 heavy (non-hydrogen) atoms. The van der Waals surface area contributed by atoms with Crippen LogP contribution in [0.1, 0.15) is 30.4 Å². The van der Waals surface area contributed by atoms with Gasteiger partial charge in [-0.3, -0.25) is 9.89 Å². The van der Waals surface area contributed by atoms with Gasteiger partial charge in [0, 0.05) is 25.1 Å². The van der Waals surface area contributed by atoms with E-state index >= 15 is 0 Å². The number of amides is 1. The third-order valence-electron chi connectivity index (χ3n) is 6.15. The summed E-state index contributed by atoms with van der Waals surface area (Å²) in [6.45, 7) is 0.691. The number of nitrogens with one attached hydrogen (secondary N) is 2. The van der Waals surface area contributed by atoms with Crippen molar-refractivity contribution in [3.63, 3.8) is 0 Å². The molecule has 0 spiro atoms. The molecule has 0 saturated carbocycles. The number of nitrogens with zero attached hydrogens (tertiary/aromatic N) is 2. The summed E-state index contributed by atoms with van der Waals surface area (Å²) in [5.41, 5.74) is 3.27. The van der Waals surface area contributed by atoms with Crippen molar-refractivity contribution in [3.8, 4) is 10.6 Å². The number of hydrogen-bond acceptors (Lipinski definition) is 5. The quantitative estimate of drug-likeness (QED) is 0.612. The first-order valence-electron chi connectivity index (χ1n) is 10.5. The molecule has 162 valence electrons. The first-order chi connectivity index (χ1) is 15.0. The van der Waals surface area contributed by atoms with Gasteiger partial charge in [0.1, 0.15) is 0 Å². The fourth-order valence-electron chi connectivity index (χ4n) is 4.39. The van der Waals surface area contributed by atoms with E-state index in [1.54, 1.807) is 17.4 Å². The minimum Gasteiger partial charge on any atom is -0.309 e. The van der Waals surface area contributed by atoms with Gasteiger partial charge < -0.3 is 5.32 Å². The molecule has 1 saturated heterocycles. The number of thiophene rings is 1. The molecule has 2 aliphatic rings. The van der Waals surface area contributed by atoms with Gasteiger partial charge in [-0.15, -0.1) is 11.3 Å². The summed E-state index contributed by atoms with van der Waals surface area (Å²) in [4.78, 5) is 14.1. The zero-order valence-corrected chi connectivity index (χ0v) is 18.6. The predicted molar refractivity (Wildman–Crippen MR) is 120 cm³/mol. The first-order valence-corrected chi connectivity index (χ1v) is 12.8. The normalized spacial score (nSPS) is 17.5. The molecule has 2 N–H and O–H groups in total. The van der Waals surface area contributed by atoms with Gasteiger partial charge >= 0.3 is 0 Å². The monoisotopic (exact) mass is 456 g/mol. The third-order valence-corrected chi connectivity index (χ3v) is 8.95. The minimum atomic E-state index is -3.53. The van der Waals surface area contributed by atoms with Gasteiger partial charge in [-0.05, 0) is 66.8 Å². The number of anilines is 1. The van der Waals surface area contributed by atoms with Gasteiger partial charge in [-0.2, -0.15) is 9.40 Å². The Morgan fingerprint density at radius 2 is 1.94 bits per heavy atom. The lowest BCUT2D eigenvalue weighted by atomic mass is 9.97. The number of piperidine rings is 1. The van der Waals surface area contributed by atoms with E-state index in [1.165, 1.54) is 9.87 Å². The SMILES string of the molecule is O=C(Nc1cc(-c2cccs2)[nH]n1)C1CCN(S(=O)(=O)c2ccc3c(c2)CCC3)CC1. The maximum Gasteiger partial charge on any atom is 0.243 e. The van der Waals surface area contributed by atoms with Gasteiger partial charge in [0.15, 0.2) is 5.82 Å². The first kappa shape index (κ1) is 20.4. The van der Waals surface area contributed by atoms with Crippen LogP contribution >= 0.6 is 11.3 Å². The Hall–Kier alpha value is -2.49. The van der Waals surface area contributed by atoms with E-state index in [-0.39, 0.29) is 11.8 Å². The molecule has 5 rings (SSSR count). The number of H-pyrrole nitrogens is 1. The molecular weight excluding hydrogens is 432 g/mol. The summed E-state index contributed by atoms with van der Waals surface area (Å²) in [7, 11) is -3.53. The van der Waals surface area contributed by atoms with E-state index in [9.17, 15) is 13.2 Å². The van der Waals surface area contributed by atoms with E-state index in [2.05, 4.69) is 15.5 Å². The second kappa shape index (κ2) is 8.22. The molecule has 0 unspecified atom stereocenters. The van der Waals surface area contributed by atoms with Gasteiger partial charge in [0.2, 0.25) is 15.9 Å². The summed E-state index contributed by atoms with van der Waals surface area (Å²) < 4.78 is 27.7. The molecule has 0 bridgehead atoms. The second-order valence-corrected chi connectivity index (χ2v) is 11.0. The maximum atomic E-state index is 13.1. The summed E-state index contributed by atoms with van der Waals surface area (Å²) in [5.74, 6) is 0.147. The van der Waals surface area contributed by atoms with Crippen molar-refractivity contribution in [1.82, 2.24) is 14.5 Å². The van der Waals surface area contributed by atoms with E-state index in [1.807, 2.05) is 35.7 Å². The van der Waals surface area contributed by atoms with Gasteiger partial charge in [0.25, 0.3) is 0 Å². The molecule has 3 heterocycles. The molecular formula is C22H24N4O3S2. The molecule has 1 aromatic carbocycles. The highest BCUT2D eigenvalue weighted by Crippen LogP contribution is 2.29. The van der Waals surface area contributed by atoms with Crippen LogP contribution in [0.2, 0.25) is 0 Å². The predicted octanol–water partition coefficient (Wildman–Crippen LogP) is 3.67. The summed E-state index contributed by atoms with van der Waals surface area (Å²) in [6, 6.07) is 11.3. The molecule has 0 radical (unpaired) electrons. The van der Waals surface area contributed by atoms with E-state index in [4.69, 9.17) is 0 Å². The van der Waals surface area contributed by atoms with Crippen LogP contribution in [0.15, 0.2) is 46.7 Å². The van der Waals surface area contributed by atoms with Crippen molar-refractivity contribution in [2.75, 3.05) is 18.4 Å². The standard InChI is InChI=1S/C22H24N4O3S2/c27-22(23-21-14-19(24-25-21)20-5-2-12-30-20)16-8-10-26(11-9-16)31(28,29)18-7-6-15-3-1-4-17(15)13-18/h2,5-7,12-14,16H,1,3-4,8-11H2,(H2,23,24,25,27). The lowest BCUT2D eigenvalue weighted by Crippen LogP contribution is -2.41. The third kappa shape index (κ3) is 4.05. The molecule has 1 fully saturated rings. The molecule has 1 aliphatic carbocycles. The highest BCUT2D eigenvalue weighted by molar-refractivity contribution is 7.89. The number of fused-ring (bicyclic) bond motifs is 1. The molecule has 0 atom stereocenters. The number of hydrogen-bond donors (Lipinski definition) is 2. The number of carbonyl (C=O) groups excluding carboxylic acids is 1. The zero-order valence-electron chi connectivity index (χ0n) is 17.0. The smallest absolute Gasteiger partial charge is 0.243 e. The number of benzene rings is 1. The van der Waals surface area contributed by atoms with Crippen LogP contribution in [-0.2, 0) is 27.7 Å². The van der Waals surface area contributed by atoms with Crippen LogP contribution in [0.4, 0.5) is 5.82 Å². The Kier molecular flexibility index (Phi) is 5.41. The number of rotatable bonds is 5. The number of aromatic nitrogens is 2. The van der Waals surface area contributed by atoms with Crippen LogP contribution < -0.4 is 5.32 Å². The van der Waals surface area contributed by atoms with Crippen molar-refractivity contribution in [2.45, 2.75) is 37.0 Å². The van der Waals surface area contributed by atoms with Crippen LogP contribution in [0, 0.1) is 5.92 Å². The summed E-state index contributed by atoms with van der Waals surface area (Å²) >= 11 is 1.60. The van der Waals surface area contributed by atoms with E-state index < -0.39 is 10.0 Å². The van der Waals surface area contributed by atoms with Gasteiger partial charge in [-0.25, -0.2) is 8.42 Å². The average Bonchev–Trinajstić information content (AvgIpc) is 3.54. The van der Waals surface area contributed by atoms with Crippen molar-refractivity contribution >= 4 is 33.1 Å². The highest BCUT2D eigenvalue weighted by Gasteiger charge is 2.32. The van der Waals surface area contributed by atoms with E-state index in [0.29, 0.717) is 36.6 Å². The highest BCUT2D eigenvalue weighted by atomic mass is 32.2. The lowest BCUT2D eigenvalue weighted by Gasteiger charge is -2.30. The Morgan fingerprint density at radius 1 is 1.13 bits per heavy atom. The van der Waals surface area contributed by atoms with Gasteiger partial charge in [-0.1, -0.05) is 12.1 Å². The van der Waals surface area contributed by atoms with Gasteiger partial charge in [0.05, 0.1) is 15.5 Å². The number of aromatic amines is 1. The average molecular weight is 457 g/mol. The lowest BCUT2D eigenvalue weighted by molar-refractivity contribution is -0.120. The van der Waals surface area contributed by atoms with Crippen molar-refractivity contribution in [2.24, 2.45) is 5.92 Å². The van der Waals surface area contributed by atoms with Crippen LogP contribution in [0.25, 0.3) is 10.6 Å². The van der Waals surface area contributed by atoms with E-state index in [0.717, 1.165) is 35.4 Å². The van der Waals surface area contributed by atoms with Crippen molar-refractivity contribution < 1.29 is 13.2 Å². The Morgan fingerprint density at radius 3 is 2.71 bits per heavy atom. The molecule has 1 aliphatic heterocycles. The van der Waals surface area contributed by atoms with Crippen LogP contribution in [-0.4, -0.2) is 41.9 Å². The Labute approximate surface area is 185 Å². The molecule has 3 aromatic rings. The molecule has 1 amide bonds. The van der Waals surface area contributed by atoms with Crippen molar-refractivity contribution in [3.05, 3.63) is 52.9 Å². The van der Waals surface area contributed by atoms with Crippen LogP contribution in [0.5, 0.6) is 0 Å². The fraction of sp³-hybridized carbons (Fsp3) is 0.364. The molecule has 9 heteroatoms.